The average Bonchev–Trinajstić information content (AvgIpc) is 2.48. The van der Waals surface area contributed by atoms with Crippen molar-refractivity contribution in [3.8, 4) is 0 Å². The van der Waals surface area contributed by atoms with E-state index in [1.165, 1.54) is 30.3 Å². The van der Waals surface area contributed by atoms with Crippen LogP contribution in [0.3, 0.4) is 0 Å². The molecule has 4 nitrogen and oxygen atoms in total. The van der Waals surface area contributed by atoms with Crippen molar-refractivity contribution < 1.29 is 12.8 Å². The zero-order valence-corrected chi connectivity index (χ0v) is 17.1. The van der Waals surface area contributed by atoms with Gasteiger partial charge in [0.25, 0.3) is 0 Å². The number of hydrogen-bond acceptors (Lipinski definition) is 4. The first-order valence-electron chi connectivity index (χ1n) is 6.22. The summed E-state index contributed by atoms with van der Waals surface area (Å²) in [4.78, 5) is 11.8. The van der Waals surface area contributed by atoms with Gasteiger partial charge in [-0.2, -0.15) is 0 Å². The molecule has 0 fully saturated rings. The Morgan fingerprint density at radius 2 is 1.65 bits per heavy atom. The van der Waals surface area contributed by atoms with Crippen molar-refractivity contribution in [1.29, 1.82) is 0 Å². The quantitative estimate of drug-likeness (QED) is 0.336. The standard InChI is InChI=1S/C15H7ClI2O4S/c16-9-1-3-11(4-2-9)23(20,21)13-6-8-5-10(17)7-12(18)14(8)22-15(13)19/h1-7H. The first-order chi connectivity index (χ1) is 10.8. The topological polar surface area (TPSA) is 64.3 Å². The van der Waals surface area contributed by atoms with E-state index < -0.39 is 15.5 Å². The molecule has 0 aliphatic rings. The highest BCUT2D eigenvalue weighted by atomic mass is 127. The molecule has 1 heterocycles. The fourth-order valence-corrected chi connectivity index (χ4v) is 5.48. The van der Waals surface area contributed by atoms with Crippen molar-refractivity contribution in [3.63, 3.8) is 0 Å². The van der Waals surface area contributed by atoms with Crippen LogP contribution in [0.5, 0.6) is 0 Å². The lowest BCUT2D eigenvalue weighted by molar-refractivity contribution is 0.531. The van der Waals surface area contributed by atoms with E-state index in [9.17, 15) is 13.2 Å². The summed E-state index contributed by atoms with van der Waals surface area (Å²) in [7, 11) is -3.97. The van der Waals surface area contributed by atoms with E-state index >= 15 is 0 Å². The van der Waals surface area contributed by atoms with Crippen LogP contribution >= 0.6 is 56.8 Å². The molecule has 3 aromatic rings. The van der Waals surface area contributed by atoms with Crippen LogP contribution < -0.4 is 5.63 Å². The molecule has 3 rings (SSSR count). The number of halogens is 3. The molecule has 2 aromatic carbocycles. The number of sulfone groups is 1. The molecule has 0 bridgehead atoms. The zero-order valence-electron chi connectivity index (χ0n) is 11.2. The van der Waals surface area contributed by atoms with Gasteiger partial charge in [0.05, 0.1) is 8.47 Å². The fraction of sp³-hybridized carbons (Fsp3) is 0. The SMILES string of the molecule is O=c1oc2c(I)cc(I)cc2cc1S(=O)(=O)c1ccc(Cl)cc1. The van der Waals surface area contributed by atoms with Gasteiger partial charge in [0.1, 0.15) is 0 Å². The Balaban J connectivity index is 2.29. The fourth-order valence-electron chi connectivity index (χ4n) is 2.07. The van der Waals surface area contributed by atoms with Gasteiger partial charge in [-0.1, -0.05) is 11.6 Å². The Bertz CT molecular complexity index is 1070. The summed E-state index contributed by atoms with van der Waals surface area (Å²) in [6.45, 7) is 0. The first kappa shape index (κ1) is 17.2. The molecule has 0 unspecified atom stereocenters. The third-order valence-electron chi connectivity index (χ3n) is 3.13. The number of benzene rings is 2. The van der Waals surface area contributed by atoms with Gasteiger partial charge in [-0.3, -0.25) is 0 Å². The van der Waals surface area contributed by atoms with Crippen molar-refractivity contribution in [2.75, 3.05) is 0 Å². The highest BCUT2D eigenvalue weighted by molar-refractivity contribution is 14.1. The van der Waals surface area contributed by atoms with E-state index in [0.29, 0.717) is 16.0 Å². The van der Waals surface area contributed by atoms with Gasteiger partial charge in [-0.05, 0) is 87.6 Å². The molecule has 23 heavy (non-hydrogen) atoms. The number of hydrogen-bond donors (Lipinski definition) is 0. The molecule has 0 aliphatic carbocycles. The van der Waals surface area contributed by atoms with E-state index in [4.69, 9.17) is 16.0 Å². The van der Waals surface area contributed by atoms with Crippen molar-refractivity contribution in [2.24, 2.45) is 0 Å². The van der Waals surface area contributed by atoms with Gasteiger partial charge in [0.15, 0.2) is 10.5 Å². The highest BCUT2D eigenvalue weighted by Crippen LogP contribution is 2.27. The smallest absolute Gasteiger partial charge is 0.355 e. The molecule has 0 radical (unpaired) electrons. The molecule has 0 atom stereocenters. The predicted octanol–water partition coefficient (Wildman–Crippen LogP) is 4.49. The van der Waals surface area contributed by atoms with E-state index in [1.807, 2.05) is 28.7 Å². The summed E-state index contributed by atoms with van der Waals surface area (Å²) >= 11 is 9.94. The molecular formula is C15H7ClI2O4S. The van der Waals surface area contributed by atoms with E-state index in [2.05, 4.69) is 22.6 Å². The van der Waals surface area contributed by atoms with Crippen molar-refractivity contribution in [3.05, 3.63) is 65.0 Å². The van der Waals surface area contributed by atoms with E-state index in [0.717, 1.165) is 7.14 Å². The second-order valence-corrected chi connectivity index (χ2v) is 9.42. The van der Waals surface area contributed by atoms with Gasteiger partial charge in [0.2, 0.25) is 9.84 Å². The lowest BCUT2D eigenvalue weighted by atomic mass is 10.2. The molecule has 118 valence electrons. The Morgan fingerprint density at radius 3 is 2.30 bits per heavy atom. The van der Waals surface area contributed by atoms with Gasteiger partial charge in [0, 0.05) is 14.0 Å². The van der Waals surface area contributed by atoms with Crippen LogP contribution in [0.4, 0.5) is 0 Å². The number of fused-ring (bicyclic) bond motifs is 1. The molecule has 0 amide bonds. The Labute approximate surface area is 164 Å². The molecule has 0 aliphatic heterocycles. The Hall–Kier alpha value is -0.650. The normalized spacial score (nSPS) is 11.8. The second-order valence-electron chi connectivity index (χ2n) is 4.66. The summed E-state index contributed by atoms with van der Waals surface area (Å²) in [5.74, 6) is 0. The zero-order chi connectivity index (χ0) is 16.8. The Morgan fingerprint density at radius 1 is 1.00 bits per heavy atom. The van der Waals surface area contributed by atoms with Crippen molar-refractivity contribution >= 4 is 77.6 Å². The van der Waals surface area contributed by atoms with E-state index in [-0.39, 0.29) is 9.79 Å². The van der Waals surface area contributed by atoms with Crippen LogP contribution in [0.25, 0.3) is 11.0 Å². The maximum Gasteiger partial charge on any atom is 0.355 e. The molecule has 0 N–H and O–H groups in total. The van der Waals surface area contributed by atoms with Crippen LogP contribution in [-0.4, -0.2) is 8.42 Å². The molecule has 0 spiro atoms. The van der Waals surface area contributed by atoms with Crippen LogP contribution in [0.2, 0.25) is 5.02 Å². The molecule has 8 heteroatoms. The monoisotopic (exact) mass is 572 g/mol. The maximum atomic E-state index is 12.7. The minimum absolute atomic E-state index is 0.00567. The first-order valence-corrected chi connectivity index (χ1v) is 10.2. The molecular weight excluding hydrogens is 565 g/mol. The second kappa shape index (κ2) is 6.34. The van der Waals surface area contributed by atoms with Crippen LogP contribution in [0.1, 0.15) is 0 Å². The Kier molecular flexibility index (Phi) is 4.73. The predicted molar refractivity (Wildman–Crippen MR) is 105 cm³/mol. The minimum Gasteiger partial charge on any atom is -0.421 e. The third kappa shape index (κ3) is 3.28. The highest BCUT2D eigenvalue weighted by Gasteiger charge is 2.23. The van der Waals surface area contributed by atoms with Crippen molar-refractivity contribution in [1.82, 2.24) is 0 Å². The summed E-state index contributed by atoms with van der Waals surface area (Å²) in [6.07, 6.45) is 0. The van der Waals surface area contributed by atoms with Crippen LogP contribution in [0.15, 0.2) is 61.5 Å². The van der Waals surface area contributed by atoms with Gasteiger partial charge in [-0.25, -0.2) is 13.2 Å². The lowest BCUT2D eigenvalue weighted by Gasteiger charge is -2.06. The third-order valence-corrected chi connectivity index (χ3v) is 6.57. The summed E-state index contributed by atoms with van der Waals surface area (Å²) in [6, 6.07) is 10.6. The largest absolute Gasteiger partial charge is 0.421 e. The summed E-state index contributed by atoms with van der Waals surface area (Å²) in [5, 5.41) is 0.979. The molecule has 0 saturated carbocycles. The number of rotatable bonds is 2. The van der Waals surface area contributed by atoms with Crippen LogP contribution in [0, 0.1) is 7.14 Å². The molecule has 0 saturated heterocycles. The average molecular weight is 573 g/mol. The van der Waals surface area contributed by atoms with Crippen molar-refractivity contribution in [2.45, 2.75) is 9.79 Å². The van der Waals surface area contributed by atoms with Crippen LogP contribution in [-0.2, 0) is 9.84 Å². The lowest BCUT2D eigenvalue weighted by Crippen LogP contribution is -2.14. The summed E-state index contributed by atoms with van der Waals surface area (Å²) < 4.78 is 32.3. The minimum atomic E-state index is -3.97. The maximum absolute atomic E-state index is 12.7. The van der Waals surface area contributed by atoms with Gasteiger partial charge in [-0.15, -0.1) is 0 Å². The molecule has 1 aromatic heterocycles. The van der Waals surface area contributed by atoms with Gasteiger partial charge < -0.3 is 4.42 Å². The summed E-state index contributed by atoms with van der Waals surface area (Å²) in [5.41, 5.74) is -0.502. The van der Waals surface area contributed by atoms with Gasteiger partial charge >= 0.3 is 5.63 Å². The van der Waals surface area contributed by atoms with E-state index in [1.54, 1.807) is 6.07 Å².